The van der Waals surface area contributed by atoms with Crippen LogP contribution in [0.15, 0.2) is 24.3 Å². The van der Waals surface area contributed by atoms with E-state index in [1.807, 2.05) is 0 Å². The molecule has 12 N–H and O–H groups in total. The molecule has 2 heterocycles. The molecule has 2 aliphatic carbocycles. The van der Waals surface area contributed by atoms with Gasteiger partial charge in [0.1, 0.15) is 77.9 Å². The van der Waals surface area contributed by atoms with E-state index < -0.39 is 160 Å². The van der Waals surface area contributed by atoms with E-state index in [9.17, 15) is 70.2 Å². The molecule has 2 fully saturated rings. The van der Waals surface area contributed by atoms with E-state index in [0.717, 1.165) is 12.1 Å². The quantitative estimate of drug-likeness (QED) is 0.0886. The second kappa shape index (κ2) is 16.8. The lowest BCUT2D eigenvalue weighted by Crippen LogP contribution is -2.66. The average Bonchev–Trinajstić information content (AvgIpc) is 3.22. The van der Waals surface area contributed by atoms with Crippen LogP contribution in [0.2, 0.25) is 0 Å². The summed E-state index contributed by atoms with van der Waals surface area (Å²) >= 11 is 0. The number of benzene rings is 3. The molecule has 0 saturated carbocycles. The molecule has 7 rings (SSSR count). The van der Waals surface area contributed by atoms with Gasteiger partial charge >= 0.3 is 5.97 Å². The Hall–Kier alpha value is -5.30. The first-order valence-corrected chi connectivity index (χ1v) is 19.4. The highest BCUT2D eigenvalue weighted by Gasteiger charge is 2.52. The third-order valence-corrected chi connectivity index (χ3v) is 11.8. The third-order valence-electron chi connectivity index (χ3n) is 11.8. The van der Waals surface area contributed by atoms with Crippen molar-refractivity contribution >= 4 is 23.4 Å². The number of methoxy groups -OCH3 is 1. The lowest BCUT2D eigenvalue weighted by molar-refractivity contribution is -0.351. The maximum atomic E-state index is 14.1. The smallest absolute Gasteiger partial charge is 0.325 e. The van der Waals surface area contributed by atoms with Crippen molar-refractivity contribution in [2.24, 2.45) is 0 Å². The topological polar surface area (TPSA) is 341 Å². The maximum absolute atomic E-state index is 14.1. The average molecular weight is 871 g/mol. The summed E-state index contributed by atoms with van der Waals surface area (Å²) in [5.74, 6) is -6.74. The molecule has 0 unspecified atom stereocenters. The molecule has 21 heteroatoms. The summed E-state index contributed by atoms with van der Waals surface area (Å²) in [7, 11) is 2.76. The van der Waals surface area contributed by atoms with Gasteiger partial charge in [-0.15, -0.1) is 0 Å². The van der Waals surface area contributed by atoms with Gasteiger partial charge in [0.2, 0.25) is 0 Å². The van der Waals surface area contributed by atoms with Crippen LogP contribution >= 0.6 is 0 Å². The van der Waals surface area contributed by atoms with Crippen LogP contribution in [0, 0.1) is 6.92 Å². The largest absolute Gasteiger partial charge is 0.507 e. The van der Waals surface area contributed by atoms with Gasteiger partial charge in [-0.2, -0.15) is 0 Å². The number of phenols is 3. The first kappa shape index (κ1) is 44.7. The number of hydrogen-bond acceptors (Lipinski definition) is 19. The van der Waals surface area contributed by atoms with Gasteiger partial charge in [-0.25, -0.2) is 0 Å². The van der Waals surface area contributed by atoms with Gasteiger partial charge in [0.05, 0.1) is 42.6 Å². The van der Waals surface area contributed by atoms with Crippen molar-refractivity contribution in [3.63, 3.8) is 0 Å². The molecular formula is C41H46N2O19. The number of phenolic OH excluding ortho intramolecular Hbond substituents is 3. The highest BCUT2D eigenvalue weighted by atomic mass is 16.7. The SMILES string of the molecule is CN[C@@H]1[C@H](O[C@@H]2O[C@H](CO)[C@@H](O)[C@H](O)[C@H]2O)[C@@H](O)[C@H](O[C@H]2c3cc(C)c(C(=O)N[C@H](C)C(=O)O)c(O)c3-c3c(cc4c(c3O)C(=O)c3cc(OC)cc(O)c3C4=O)[C@@H]2O)O[C@@H]1C. The molecule has 3 aromatic rings. The molecule has 2 aliphatic heterocycles. The summed E-state index contributed by atoms with van der Waals surface area (Å²) in [5.41, 5.74) is -3.55. The standard InChI is InChI=1S/C41H46N2O19/c1-11-6-18-24(31(50)21(11)38(55)43-12(2)39(56)57)23-16(9-17-25(32(23)51)28(47)15-7-14(58-5)8-19(45)22(15)27(17)46)29(48)36(18)61-41-35(54)37(26(42-4)13(3)59-41)62-40-34(53)33(52)30(49)20(10-44)60-40/h6-9,12-13,20,26,29-30,33-37,40-42,44-45,48-54H,10H2,1-5H3,(H,43,55)(H,56,57)/t12-,13-,20-,26+,29+,30-,33+,34-,35-,36+,37+,40+,41+/m1/s1. The molecule has 21 nitrogen and oxygen atoms in total. The van der Waals surface area contributed by atoms with Gasteiger partial charge < -0.3 is 85.4 Å². The van der Waals surface area contributed by atoms with Crippen LogP contribution in [0.4, 0.5) is 0 Å². The Labute approximate surface area is 351 Å². The zero-order valence-electron chi connectivity index (χ0n) is 33.7. The van der Waals surface area contributed by atoms with Crippen LogP contribution in [0.25, 0.3) is 11.1 Å². The molecule has 62 heavy (non-hydrogen) atoms. The number of amides is 1. The minimum atomic E-state index is -1.93. The van der Waals surface area contributed by atoms with Gasteiger partial charge in [-0.05, 0) is 56.6 Å². The Morgan fingerprint density at radius 3 is 2.06 bits per heavy atom. The fraction of sp³-hybridized carbons (Fsp3) is 0.463. The molecule has 1 amide bonds. The summed E-state index contributed by atoms with van der Waals surface area (Å²) in [5, 5.41) is 115. The van der Waals surface area contributed by atoms with Crippen LogP contribution in [-0.2, 0) is 23.7 Å². The van der Waals surface area contributed by atoms with E-state index >= 15 is 0 Å². The predicted molar refractivity (Wildman–Crippen MR) is 207 cm³/mol. The fourth-order valence-electron chi connectivity index (χ4n) is 8.58. The van der Waals surface area contributed by atoms with Crippen LogP contribution in [0.1, 0.15) is 84.9 Å². The number of aliphatic carboxylic acids is 1. The third kappa shape index (κ3) is 7.13. The number of aliphatic hydroxyl groups is 6. The normalized spacial score (nSPS) is 30.7. The predicted octanol–water partition coefficient (Wildman–Crippen LogP) is -1.25. The number of carbonyl (C=O) groups excluding carboxylic acids is 3. The van der Waals surface area contributed by atoms with E-state index in [0.29, 0.717) is 0 Å². The van der Waals surface area contributed by atoms with Crippen molar-refractivity contribution in [3.8, 4) is 34.1 Å². The van der Waals surface area contributed by atoms with Crippen molar-refractivity contribution < 1.29 is 93.9 Å². The Bertz CT molecular complexity index is 2330. The molecule has 0 spiro atoms. The lowest BCUT2D eigenvalue weighted by atomic mass is 9.74. The highest BCUT2D eigenvalue weighted by molar-refractivity contribution is 6.31. The Kier molecular flexibility index (Phi) is 12.1. The molecule has 0 radical (unpaired) electrons. The number of aromatic hydroxyl groups is 3. The summed E-state index contributed by atoms with van der Waals surface area (Å²) < 4.78 is 29.1. The van der Waals surface area contributed by atoms with Gasteiger partial charge in [0, 0.05) is 28.3 Å². The number of aliphatic hydroxyl groups excluding tert-OH is 6. The monoisotopic (exact) mass is 870 g/mol. The summed E-state index contributed by atoms with van der Waals surface area (Å²) in [6.45, 7) is 3.34. The minimum Gasteiger partial charge on any atom is -0.507 e. The van der Waals surface area contributed by atoms with Crippen molar-refractivity contribution in [3.05, 3.63) is 68.8 Å². The molecule has 3 aromatic carbocycles. The molecule has 0 bridgehead atoms. The number of carbonyl (C=O) groups is 4. The number of aryl methyl sites for hydroxylation is 1. The van der Waals surface area contributed by atoms with Crippen molar-refractivity contribution in [1.29, 1.82) is 0 Å². The molecule has 0 aromatic heterocycles. The van der Waals surface area contributed by atoms with E-state index in [4.69, 9.17) is 23.7 Å². The van der Waals surface area contributed by atoms with Crippen LogP contribution < -0.4 is 15.4 Å². The number of likely N-dealkylation sites (N-methyl/N-ethyl adjacent to an activating group) is 1. The summed E-state index contributed by atoms with van der Waals surface area (Å²) in [4.78, 5) is 53.4. The molecule has 2 saturated heterocycles. The van der Waals surface area contributed by atoms with Crippen molar-refractivity contribution in [2.45, 2.75) is 100 Å². The van der Waals surface area contributed by atoms with Crippen LogP contribution in [-0.4, -0.2) is 163 Å². The number of carboxylic acids is 1. The van der Waals surface area contributed by atoms with E-state index in [1.165, 1.54) is 40.1 Å². The first-order chi connectivity index (χ1) is 29.3. The minimum absolute atomic E-state index is 0.00623. The second-order valence-electron chi connectivity index (χ2n) is 15.6. The highest BCUT2D eigenvalue weighted by Crippen LogP contribution is 2.57. The van der Waals surface area contributed by atoms with Gasteiger partial charge in [0.15, 0.2) is 24.1 Å². The molecule has 13 atom stereocenters. The Balaban J connectivity index is 1.36. The fourth-order valence-corrected chi connectivity index (χ4v) is 8.58. The van der Waals surface area contributed by atoms with Crippen LogP contribution in [0.3, 0.4) is 0 Å². The number of hydrogen-bond donors (Lipinski definition) is 12. The number of carboxylic acid groups (broad SMARTS) is 1. The number of fused-ring (bicyclic) bond motifs is 5. The van der Waals surface area contributed by atoms with E-state index in [1.54, 1.807) is 6.92 Å². The number of ketones is 2. The summed E-state index contributed by atoms with van der Waals surface area (Å²) in [6, 6.07) is 2.30. The maximum Gasteiger partial charge on any atom is 0.325 e. The molecule has 334 valence electrons. The van der Waals surface area contributed by atoms with Gasteiger partial charge in [-0.3, -0.25) is 19.2 Å². The van der Waals surface area contributed by atoms with Crippen molar-refractivity contribution in [2.75, 3.05) is 20.8 Å². The summed E-state index contributed by atoms with van der Waals surface area (Å²) in [6.07, 6.45) is -18.0. The second-order valence-corrected chi connectivity index (χ2v) is 15.6. The zero-order valence-corrected chi connectivity index (χ0v) is 33.7. The molecule has 4 aliphatic rings. The van der Waals surface area contributed by atoms with E-state index in [-0.39, 0.29) is 28.0 Å². The first-order valence-electron chi connectivity index (χ1n) is 19.4. The zero-order chi connectivity index (χ0) is 45.4. The number of nitrogens with one attached hydrogen (secondary N) is 2. The van der Waals surface area contributed by atoms with Crippen LogP contribution in [0.5, 0.6) is 23.0 Å². The van der Waals surface area contributed by atoms with Gasteiger partial charge in [-0.1, -0.05) is 6.07 Å². The molecular weight excluding hydrogens is 824 g/mol. The van der Waals surface area contributed by atoms with Gasteiger partial charge in [0.25, 0.3) is 5.91 Å². The Morgan fingerprint density at radius 2 is 1.44 bits per heavy atom. The van der Waals surface area contributed by atoms with Crippen molar-refractivity contribution in [1.82, 2.24) is 10.6 Å². The lowest BCUT2D eigenvalue weighted by Gasteiger charge is -2.48. The number of ether oxygens (including phenoxy) is 5. The van der Waals surface area contributed by atoms with E-state index in [2.05, 4.69) is 10.6 Å². The Morgan fingerprint density at radius 1 is 0.806 bits per heavy atom. The number of rotatable bonds is 10.